The van der Waals surface area contributed by atoms with Gasteiger partial charge < -0.3 is 10.5 Å². The first-order chi connectivity index (χ1) is 4.30. The van der Waals surface area contributed by atoms with Crippen molar-refractivity contribution in [3.05, 3.63) is 24.2 Å². The largest absolute Gasteiger partial charge is 0.462 e. The van der Waals surface area contributed by atoms with E-state index >= 15 is 0 Å². The topological polar surface area (TPSA) is 59.1 Å². The van der Waals surface area contributed by atoms with Crippen LogP contribution in [-0.2, 0) is 4.74 Å². The molecule has 0 bridgehead atoms. The minimum absolute atomic E-state index is 0.0145. The Morgan fingerprint density at radius 1 is 1.78 bits per heavy atom. The molecule has 0 aliphatic carbocycles. The highest BCUT2D eigenvalue weighted by atomic mass is 16.5. The van der Waals surface area contributed by atoms with Gasteiger partial charge in [-0.3, -0.25) is 5.41 Å². The molecular weight excluding hydrogens is 116 g/mol. The zero-order valence-corrected chi connectivity index (χ0v) is 4.92. The van der Waals surface area contributed by atoms with Crippen LogP contribution in [0.25, 0.3) is 0 Å². The van der Waals surface area contributed by atoms with E-state index in [1.54, 1.807) is 6.08 Å². The zero-order chi connectivity index (χ0) is 6.69. The number of nitrogens with two attached hydrogens (primary N) is 1. The quantitative estimate of drug-likeness (QED) is 0.400. The standard InChI is InChI=1S/C6H8N2O/c7-6(8)5-3-1-2-4-9-5/h2-4H,1H2,(H3,7,8). The first kappa shape index (κ1) is 5.88. The molecule has 0 amide bonds. The summed E-state index contributed by atoms with van der Waals surface area (Å²) in [6.45, 7) is 0. The van der Waals surface area contributed by atoms with Crippen LogP contribution in [-0.4, -0.2) is 5.84 Å². The van der Waals surface area contributed by atoms with E-state index in [-0.39, 0.29) is 5.84 Å². The van der Waals surface area contributed by atoms with Gasteiger partial charge >= 0.3 is 0 Å². The van der Waals surface area contributed by atoms with Crippen molar-refractivity contribution in [1.82, 2.24) is 0 Å². The molecule has 0 saturated carbocycles. The number of allylic oxidation sites excluding steroid dienone is 2. The summed E-state index contributed by atoms with van der Waals surface area (Å²) in [5, 5.41) is 6.94. The van der Waals surface area contributed by atoms with Gasteiger partial charge in [0.2, 0.25) is 0 Å². The lowest BCUT2D eigenvalue weighted by Crippen LogP contribution is -2.14. The van der Waals surface area contributed by atoms with Crippen LogP contribution in [0.4, 0.5) is 0 Å². The average molecular weight is 124 g/mol. The van der Waals surface area contributed by atoms with Crippen LogP contribution >= 0.6 is 0 Å². The van der Waals surface area contributed by atoms with Gasteiger partial charge in [0.1, 0.15) is 0 Å². The monoisotopic (exact) mass is 124 g/mol. The van der Waals surface area contributed by atoms with Crippen LogP contribution in [0.15, 0.2) is 24.2 Å². The molecule has 1 aliphatic heterocycles. The third-order valence-corrected chi connectivity index (χ3v) is 0.996. The van der Waals surface area contributed by atoms with E-state index in [2.05, 4.69) is 0 Å². The molecule has 0 aromatic heterocycles. The van der Waals surface area contributed by atoms with Gasteiger partial charge in [-0.1, -0.05) is 0 Å². The number of ether oxygens (including phenoxy) is 1. The average Bonchev–Trinajstić information content (AvgIpc) is 1.90. The Morgan fingerprint density at radius 3 is 2.89 bits per heavy atom. The summed E-state index contributed by atoms with van der Waals surface area (Å²) in [7, 11) is 0. The first-order valence-electron chi connectivity index (χ1n) is 2.67. The molecule has 1 heterocycles. The lowest BCUT2D eigenvalue weighted by Gasteiger charge is -2.05. The van der Waals surface area contributed by atoms with E-state index in [9.17, 15) is 0 Å². The molecule has 0 aromatic carbocycles. The van der Waals surface area contributed by atoms with E-state index < -0.39 is 0 Å². The summed E-state index contributed by atoms with van der Waals surface area (Å²) in [5.41, 5.74) is 5.12. The van der Waals surface area contributed by atoms with Gasteiger partial charge in [-0.05, 0) is 18.6 Å². The van der Waals surface area contributed by atoms with Gasteiger partial charge in [0.25, 0.3) is 0 Å². The molecule has 3 nitrogen and oxygen atoms in total. The predicted octanol–water partition coefficient (Wildman–Crippen LogP) is 0.740. The molecule has 3 heteroatoms. The second-order valence-corrected chi connectivity index (χ2v) is 1.71. The Balaban J connectivity index is 2.61. The van der Waals surface area contributed by atoms with E-state index in [1.165, 1.54) is 6.26 Å². The van der Waals surface area contributed by atoms with Crippen molar-refractivity contribution < 1.29 is 4.74 Å². The summed E-state index contributed by atoms with van der Waals surface area (Å²) in [4.78, 5) is 0. The van der Waals surface area contributed by atoms with Gasteiger partial charge in [-0.25, -0.2) is 0 Å². The van der Waals surface area contributed by atoms with Gasteiger partial charge in [-0.2, -0.15) is 0 Å². The summed E-state index contributed by atoms with van der Waals surface area (Å²) < 4.78 is 4.87. The first-order valence-corrected chi connectivity index (χ1v) is 2.67. The number of hydrogen-bond acceptors (Lipinski definition) is 2. The fourth-order valence-corrected chi connectivity index (χ4v) is 0.574. The minimum Gasteiger partial charge on any atom is -0.462 e. The Morgan fingerprint density at radius 2 is 2.56 bits per heavy atom. The molecule has 0 radical (unpaired) electrons. The fraction of sp³-hybridized carbons (Fsp3) is 0.167. The lowest BCUT2D eigenvalue weighted by atomic mass is 10.3. The third kappa shape index (κ3) is 1.32. The maximum absolute atomic E-state index is 6.94. The Kier molecular flexibility index (Phi) is 1.53. The summed E-state index contributed by atoms with van der Waals surface area (Å²) in [6.07, 6.45) is 5.96. The lowest BCUT2D eigenvalue weighted by molar-refractivity contribution is 0.366. The second kappa shape index (κ2) is 2.35. The minimum atomic E-state index is -0.0145. The normalized spacial score (nSPS) is 16.2. The molecule has 9 heavy (non-hydrogen) atoms. The van der Waals surface area contributed by atoms with Crippen LogP contribution in [0, 0.1) is 5.41 Å². The van der Waals surface area contributed by atoms with Crippen molar-refractivity contribution in [3.63, 3.8) is 0 Å². The van der Waals surface area contributed by atoms with E-state index in [0.717, 1.165) is 6.42 Å². The Hall–Kier alpha value is -1.25. The van der Waals surface area contributed by atoms with Crippen molar-refractivity contribution in [2.24, 2.45) is 5.73 Å². The van der Waals surface area contributed by atoms with Crippen molar-refractivity contribution >= 4 is 5.84 Å². The van der Waals surface area contributed by atoms with Gasteiger partial charge in [-0.15, -0.1) is 0 Å². The highest BCUT2D eigenvalue weighted by Crippen LogP contribution is 2.05. The predicted molar refractivity (Wildman–Crippen MR) is 34.8 cm³/mol. The van der Waals surface area contributed by atoms with Crippen molar-refractivity contribution in [3.8, 4) is 0 Å². The molecule has 1 aliphatic rings. The van der Waals surface area contributed by atoms with Crippen LogP contribution in [0.2, 0.25) is 0 Å². The van der Waals surface area contributed by atoms with E-state index in [1.807, 2.05) is 6.08 Å². The molecule has 3 N–H and O–H groups in total. The second-order valence-electron chi connectivity index (χ2n) is 1.71. The summed E-state index contributed by atoms with van der Waals surface area (Å²) >= 11 is 0. The molecule has 48 valence electrons. The van der Waals surface area contributed by atoms with Crippen molar-refractivity contribution in [1.29, 1.82) is 5.41 Å². The van der Waals surface area contributed by atoms with E-state index in [4.69, 9.17) is 15.9 Å². The van der Waals surface area contributed by atoms with Crippen LogP contribution < -0.4 is 5.73 Å². The van der Waals surface area contributed by atoms with Gasteiger partial charge in [0.05, 0.1) is 6.26 Å². The molecule has 0 fully saturated rings. The smallest absolute Gasteiger partial charge is 0.164 e. The molecular formula is C6H8N2O. The Bertz CT molecular complexity index is 181. The number of nitrogens with one attached hydrogen (secondary N) is 1. The Labute approximate surface area is 53.3 Å². The highest BCUT2D eigenvalue weighted by molar-refractivity contribution is 5.92. The molecule has 0 spiro atoms. The summed E-state index contributed by atoms with van der Waals surface area (Å²) in [6, 6.07) is 0. The van der Waals surface area contributed by atoms with Crippen LogP contribution in [0.3, 0.4) is 0 Å². The van der Waals surface area contributed by atoms with Gasteiger partial charge in [0.15, 0.2) is 11.6 Å². The highest BCUT2D eigenvalue weighted by Gasteiger charge is 2.01. The zero-order valence-electron chi connectivity index (χ0n) is 4.92. The molecule has 0 saturated heterocycles. The third-order valence-electron chi connectivity index (χ3n) is 0.996. The maximum atomic E-state index is 6.94. The molecule has 0 atom stereocenters. The number of amidine groups is 1. The van der Waals surface area contributed by atoms with E-state index in [0.29, 0.717) is 5.76 Å². The summed E-state index contributed by atoms with van der Waals surface area (Å²) in [5.74, 6) is 0.442. The maximum Gasteiger partial charge on any atom is 0.164 e. The molecule has 0 aromatic rings. The van der Waals surface area contributed by atoms with Crippen molar-refractivity contribution in [2.75, 3.05) is 0 Å². The number of rotatable bonds is 1. The van der Waals surface area contributed by atoms with Crippen LogP contribution in [0.1, 0.15) is 6.42 Å². The molecule has 0 unspecified atom stereocenters. The number of hydrogen-bond donors (Lipinski definition) is 2. The SMILES string of the molecule is N=C(N)C1=CCC=CO1. The molecule has 1 rings (SSSR count). The van der Waals surface area contributed by atoms with Gasteiger partial charge in [0, 0.05) is 0 Å². The fourth-order valence-electron chi connectivity index (χ4n) is 0.574. The van der Waals surface area contributed by atoms with Crippen molar-refractivity contribution in [2.45, 2.75) is 6.42 Å². The van der Waals surface area contributed by atoms with Crippen LogP contribution in [0.5, 0.6) is 0 Å².